The smallest absolute Gasteiger partial charge is 0.110 e. The summed E-state index contributed by atoms with van der Waals surface area (Å²) in [5.74, 6) is 1.89. The lowest BCUT2D eigenvalue weighted by atomic mass is 10.1. The predicted molar refractivity (Wildman–Crippen MR) is 75.8 cm³/mol. The lowest BCUT2D eigenvalue weighted by Crippen LogP contribution is -2.06. The summed E-state index contributed by atoms with van der Waals surface area (Å²) < 4.78 is 2.37. The van der Waals surface area contributed by atoms with Crippen molar-refractivity contribution in [2.75, 3.05) is 0 Å². The van der Waals surface area contributed by atoms with Crippen molar-refractivity contribution in [1.82, 2.24) is 9.55 Å². The van der Waals surface area contributed by atoms with Crippen molar-refractivity contribution >= 4 is 23.4 Å². The Hall–Kier alpha value is -1.02. The number of fused-ring (bicyclic) bond motifs is 1. The highest BCUT2D eigenvalue weighted by Gasteiger charge is 2.10. The maximum Gasteiger partial charge on any atom is 0.110 e. The summed E-state index contributed by atoms with van der Waals surface area (Å²) in [7, 11) is 0. The molecule has 17 heavy (non-hydrogen) atoms. The van der Waals surface area contributed by atoms with Crippen molar-refractivity contribution in [3.8, 4) is 0 Å². The topological polar surface area (TPSA) is 17.8 Å². The molecule has 0 N–H and O–H groups in total. The number of rotatable bonds is 4. The minimum Gasteiger partial charge on any atom is -0.328 e. The monoisotopic (exact) mass is 252 g/mol. The average molecular weight is 253 g/mol. The van der Waals surface area contributed by atoms with Crippen LogP contribution in [-0.2, 0) is 13.0 Å². The second-order valence-electron chi connectivity index (χ2n) is 4.77. The van der Waals surface area contributed by atoms with Gasteiger partial charge in [0.05, 0.1) is 11.0 Å². The number of nitrogens with zero attached hydrogens (tertiary/aromatic N) is 2. The summed E-state index contributed by atoms with van der Waals surface area (Å²) in [6.07, 6.45) is 2.22. The van der Waals surface area contributed by atoms with Gasteiger partial charge in [0.25, 0.3) is 0 Å². The van der Waals surface area contributed by atoms with Crippen LogP contribution in [0.15, 0.2) is 24.3 Å². The molecule has 2 nitrogen and oxygen atoms in total. The van der Waals surface area contributed by atoms with Gasteiger partial charge >= 0.3 is 0 Å². The number of halogens is 1. The quantitative estimate of drug-likeness (QED) is 0.802. The molecule has 0 spiro atoms. The first-order valence-corrected chi connectivity index (χ1v) is 6.16. The third-order valence-electron chi connectivity index (χ3n) is 2.77. The van der Waals surface area contributed by atoms with Crippen LogP contribution in [0.2, 0.25) is 0 Å². The van der Waals surface area contributed by atoms with Gasteiger partial charge in [-0.15, -0.1) is 12.4 Å². The van der Waals surface area contributed by atoms with Crippen molar-refractivity contribution in [3.05, 3.63) is 30.1 Å². The molecule has 94 valence electrons. The Labute approximate surface area is 109 Å². The van der Waals surface area contributed by atoms with E-state index in [9.17, 15) is 0 Å². The number of hydrogen-bond donors (Lipinski definition) is 0. The van der Waals surface area contributed by atoms with Crippen molar-refractivity contribution in [1.29, 1.82) is 0 Å². The normalized spacial score (nSPS) is 10.8. The van der Waals surface area contributed by atoms with Crippen LogP contribution in [0.5, 0.6) is 0 Å². The fourth-order valence-corrected chi connectivity index (χ4v) is 2.12. The maximum absolute atomic E-state index is 4.73. The van der Waals surface area contributed by atoms with Crippen LogP contribution < -0.4 is 0 Å². The lowest BCUT2D eigenvalue weighted by molar-refractivity contribution is 0.574. The third-order valence-corrected chi connectivity index (χ3v) is 2.77. The number of aromatic nitrogens is 2. The number of imidazole rings is 1. The van der Waals surface area contributed by atoms with Crippen LogP contribution in [-0.4, -0.2) is 9.55 Å². The third kappa shape index (κ3) is 3.01. The molecule has 2 rings (SSSR count). The van der Waals surface area contributed by atoms with E-state index in [0.29, 0.717) is 5.92 Å². The van der Waals surface area contributed by atoms with Crippen molar-refractivity contribution in [3.63, 3.8) is 0 Å². The number of aryl methyl sites for hydroxylation is 1. The van der Waals surface area contributed by atoms with E-state index in [0.717, 1.165) is 24.9 Å². The molecule has 1 aromatic carbocycles. The molecule has 0 saturated heterocycles. The van der Waals surface area contributed by atoms with Gasteiger partial charge in [0, 0.05) is 13.0 Å². The first kappa shape index (κ1) is 14.0. The van der Waals surface area contributed by atoms with Gasteiger partial charge in [-0.1, -0.05) is 32.9 Å². The Morgan fingerprint density at radius 2 is 1.94 bits per heavy atom. The van der Waals surface area contributed by atoms with Crippen LogP contribution in [0.4, 0.5) is 0 Å². The summed E-state index contributed by atoms with van der Waals surface area (Å²) in [4.78, 5) is 4.73. The average Bonchev–Trinajstić information content (AvgIpc) is 2.57. The van der Waals surface area contributed by atoms with Crippen LogP contribution in [0.3, 0.4) is 0 Å². The highest BCUT2D eigenvalue weighted by molar-refractivity contribution is 5.85. The Morgan fingerprint density at radius 1 is 1.24 bits per heavy atom. The molecule has 3 heteroatoms. The van der Waals surface area contributed by atoms with Gasteiger partial charge in [-0.3, -0.25) is 0 Å². The number of benzene rings is 1. The maximum atomic E-state index is 4.73. The Balaban J connectivity index is 0.00000144. The molecule has 0 aliphatic heterocycles. The molecule has 0 saturated carbocycles. The molecule has 0 bridgehead atoms. The van der Waals surface area contributed by atoms with Crippen molar-refractivity contribution in [2.24, 2.45) is 5.92 Å². The summed E-state index contributed by atoms with van der Waals surface area (Å²) in [5, 5.41) is 0. The van der Waals surface area contributed by atoms with Gasteiger partial charge in [-0.05, 0) is 24.5 Å². The minimum atomic E-state index is 0. The minimum absolute atomic E-state index is 0. The second kappa shape index (κ2) is 6.06. The number of hydrogen-bond acceptors (Lipinski definition) is 1. The molecule has 0 fully saturated rings. The van der Waals surface area contributed by atoms with Gasteiger partial charge in [0.15, 0.2) is 0 Å². The standard InChI is InChI=1S/C14H20N2.ClH/c1-4-9-16-13-8-6-5-7-12(13)15-14(16)10-11(2)3;/h5-8,11H,4,9-10H2,1-3H3;1H. The summed E-state index contributed by atoms with van der Waals surface area (Å²) in [5.41, 5.74) is 2.41. The zero-order valence-electron chi connectivity index (χ0n) is 10.8. The van der Waals surface area contributed by atoms with E-state index >= 15 is 0 Å². The number of para-hydroxylation sites is 2. The summed E-state index contributed by atoms with van der Waals surface area (Å²) in [6, 6.07) is 8.42. The molecule has 1 aromatic heterocycles. The van der Waals surface area contributed by atoms with Gasteiger partial charge < -0.3 is 4.57 Å². The van der Waals surface area contributed by atoms with E-state index in [4.69, 9.17) is 4.98 Å². The fraction of sp³-hybridized carbons (Fsp3) is 0.500. The highest BCUT2D eigenvalue weighted by Crippen LogP contribution is 2.18. The van der Waals surface area contributed by atoms with Crippen molar-refractivity contribution < 1.29 is 0 Å². The largest absolute Gasteiger partial charge is 0.328 e. The second-order valence-corrected chi connectivity index (χ2v) is 4.77. The van der Waals surface area contributed by atoms with Crippen LogP contribution in [0, 0.1) is 5.92 Å². The molecule has 1 heterocycles. The Bertz CT molecular complexity index is 474. The Morgan fingerprint density at radius 3 is 2.59 bits per heavy atom. The molecular weight excluding hydrogens is 232 g/mol. The van der Waals surface area contributed by atoms with Crippen LogP contribution >= 0.6 is 12.4 Å². The SMILES string of the molecule is CCCn1c(CC(C)C)nc2ccccc21.Cl. The zero-order valence-corrected chi connectivity index (χ0v) is 11.6. The van der Waals surface area contributed by atoms with Crippen LogP contribution in [0.25, 0.3) is 11.0 Å². The van der Waals surface area contributed by atoms with E-state index < -0.39 is 0 Å². The molecule has 0 aliphatic carbocycles. The summed E-state index contributed by atoms with van der Waals surface area (Å²) in [6.45, 7) is 7.78. The Kier molecular flexibility index (Phi) is 5.01. The van der Waals surface area contributed by atoms with E-state index in [-0.39, 0.29) is 12.4 Å². The van der Waals surface area contributed by atoms with Crippen LogP contribution in [0.1, 0.15) is 33.0 Å². The molecule has 0 aliphatic rings. The molecule has 0 unspecified atom stereocenters. The molecule has 2 aromatic rings. The fourth-order valence-electron chi connectivity index (χ4n) is 2.12. The molecule has 0 amide bonds. The molecule has 0 radical (unpaired) electrons. The first-order chi connectivity index (χ1) is 7.72. The van der Waals surface area contributed by atoms with Gasteiger partial charge in [-0.25, -0.2) is 4.98 Å². The molecular formula is C14H21ClN2. The van der Waals surface area contributed by atoms with E-state index in [1.165, 1.54) is 11.3 Å². The van der Waals surface area contributed by atoms with E-state index in [2.05, 4.69) is 49.6 Å². The van der Waals surface area contributed by atoms with Gasteiger partial charge in [0.2, 0.25) is 0 Å². The predicted octanol–water partition coefficient (Wildman–Crippen LogP) is 4.07. The van der Waals surface area contributed by atoms with E-state index in [1.54, 1.807) is 0 Å². The van der Waals surface area contributed by atoms with Gasteiger partial charge in [-0.2, -0.15) is 0 Å². The zero-order chi connectivity index (χ0) is 11.5. The van der Waals surface area contributed by atoms with Crippen molar-refractivity contribution in [2.45, 2.75) is 40.2 Å². The van der Waals surface area contributed by atoms with E-state index in [1.807, 2.05) is 0 Å². The summed E-state index contributed by atoms with van der Waals surface area (Å²) >= 11 is 0. The molecule has 0 atom stereocenters. The first-order valence-electron chi connectivity index (χ1n) is 6.16. The van der Waals surface area contributed by atoms with Gasteiger partial charge in [0.1, 0.15) is 5.82 Å². The lowest BCUT2D eigenvalue weighted by Gasteiger charge is -2.09. The highest BCUT2D eigenvalue weighted by atomic mass is 35.5.